The van der Waals surface area contributed by atoms with Crippen molar-refractivity contribution in [2.75, 3.05) is 6.61 Å². The highest BCUT2D eigenvalue weighted by Crippen LogP contribution is 2.22. The minimum absolute atomic E-state index is 0.237. The second-order valence-electron chi connectivity index (χ2n) is 5.83. The highest BCUT2D eigenvalue weighted by Gasteiger charge is 2.10. The zero-order valence-electron chi connectivity index (χ0n) is 12.0. The van der Waals surface area contributed by atoms with Crippen LogP contribution in [0.5, 0.6) is 0 Å². The van der Waals surface area contributed by atoms with E-state index in [1.807, 2.05) is 31.2 Å². The first-order valence-electron chi connectivity index (χ1n) is 6.68. The van der Waals surface area contributed by atoms with E-state index in [0.29, 0.717) is 17.6 Å². The van der Waals surface area contributed by atoms with Gasteiger partial charge in [-0.2, -0.15) is 0 Å². The lowest BCUT2D eigenvalue weighted by Gasteiger charge is -2.17. The first-order chi connectivity index (χ1) is 8.42. The number of esters is 1. The first kappa shape index (κ1) is 14.7. The number of hydrogen-bond acceptors (Lipinski definition) is 2. The van der Waals surface area contributed by atoms with Crippen molar-refractivity contribution in [2.24, 2.45) is 5.41 Å². The number of aryl methyl sites for hydroxylation is 1. The van der Waals surface area contributed by atoms with Crippen LogP contribution < -0.4 is 0 Å². The maximum absolute atomic E-state index is 11.5. The van der Waals surface area contributed by atoms with Gasteiger partial charge < -0.3 is 4.74 Å². The van der Waals surface area contributed by atoms with Gasteiger partial charge in [-0.1, -0.05) is 32.9 Å². The molecule has 0 atom stereocenters. The van der Waals surface area contributed by atoms with E-state index in [0.717, 1.165) is 6.42 Å². The summed E-state index contributed by atoms with van der Waals surface area (Å²) in [7, 11) is 0. The Hall–Kier alpha value is -1.31. The maximum atomic E-state index is 11.5. The van der Waals surface area contributed by atoms with Crippen LogP contribution >= 0.6 is 0 Å². The number of carbonyl (C=O) groups is 1. The van der Waals surface area contributed by atoms with E-state index in [2.05, 4.69) is 20.8 Å². The molecule has 0 heterocycles. The molecule has 2 heteroatoms. The zero-order chi connectivity index (χ0) is 13.6. The third-order valence-electron chi connectivity index (χ3n) is 2.86. The maximum Gasteiger partial charge on any atom is 0.338 e. The van der Waals surface area contributed by atoms with E-state index in [4.69, 9.17) is 4.74 Å². The van der Waals surface area contributed by atoms with Gasteiger partial charge in [0.2, 0.25) is 0 Å². The third-order valence-corrected chi connectivity index (χ3v) is 2.86. The Morgan fingerprint density at radius 2 is 1.78 bits per heavy atom. The average molecular weight is 248 g/mol. The van der Waals surface area contributed by atoms with E-state index in [1.165, 1.54) is 18.4 Å². The summed E-state index contributed by atoms with van der Waals surface area (Å²) in [5, 5.41) is 0. The fourth-order valence-electron chi connectivity index (χ4n) is 1.84. The van der Waals surface area contributed by atoms with Crippen LogP contribution in [0.2, 0.25) is 0 Å². The Bertz CT molecular complexity index is 371. The molecule has 1 rings (SSSR count). The molecular formula is C16H24O2. The summed E-state index contributed by atoms with van der Waals surface area (Å²) in [5.41, 5.74) is 2.31. The number of hydrogen-bond donors (Lipinski definition) is 0. The SMILES string of the molecule is CCOC(=O)c1ccc(CCCC(C)(C)C)cc1. The Balaban J connectivity index is 2.48. The highest BCUT2D eigenvalue weighted by molar-refractivity contribution is 5.89. The van der Waals surface area contributed by atoms with Crippen LogP contribution in [0.1, 0.15) is 56.5 Å². The van der Waals surface area contributed by atoms with Crippen LogP contribution in [-0.4, -0.2) is 12.6 Å². The van der Waals surface area contributed by atoms with Gasteiger partial charge in [-0.3, -0.25) is 0 Å². The fraction of sp³-hybridized carbons (Fsp3) is 0.562. The molecule has 0 unspecified atom stereocenters. The second kappa shape index (κ2) is 6.58. The number of benzene rings is 1. The van der Waals surface area contributed by atoms with Crippen LogP contribution in [-0.2, 0) is 11.2 Å². The highest BCUT2D eigenvalue weighted by atomic mass is 16.5. The number of rotatable bonds is 5. The summed E-state index contributed by atoms with van der Waals surface area (Å²) < 4.78 is 4.95. The lowest BCUT2D eigenvalue weighted by Crippen LogP contribution is -2.06. The normalized spacial score (nSPS) is 11.3. The Labute approximate surface area is 110 Å². The molecule has 0 aliphatic carbocycles. The average Bonchev–Trinajstić information content (AvgIpc) is 2.28. The molecule has 0 aliphatic heterocycles. The summed E-state index contributed by atoms with van der Waals surface area (Å²) in [6, 6.07) is 7.75. The van der Waals surface area contributed by atoms with E-state index < -0.39 is 0 Å². The van der Waals surface area contributed by atoms with Crippen molar-refractivity contribution < 1.29 is 9.53 Å². The van der Waals surface area contributed by atoms with E-state index in [1.54, 1.807) is 0 Å². The number of ether oxygens (including phenoxy) is 1. The van der Waals surface area contributed by atoms with E-state index in [9.17, 15) is 4.79 Å². The van der Waals surface area contributed by atoms with Gasteiger partial charge >= 0.3 is 5.97 Å². The van der Waals surface area contributed by atoms with E-state index >= 15 is 0 Å². The Kier molecular flexibility index (Phi) is 5.39. The van der Waals surface area contributed by atoms with Gasteiger partial charge in [-0.25, -0.2) is 4.79 Å². The molecule has 100 valence electrons. The summed E-state index contributed by atoms with van der Waals surface area (Å²) in [6.07, 6.45) is 3.47. The van der Waals surface area contributed by atoms with Crippen molar-refractivity contribution in [3.05, 3.63) is 35.4 Å². The van der Waals surface area contributed by atoms with Crippen LogP contribution in [0, 0.1) is 5.41 Å². The van der Waals surface area contributed by atoms with E-state index in [-0.39, 0.29) is 5.97 Å². The molecule has 2 nitrogen and oxygen atoms in total. The molecule has 0 radical (unpaired) electrons. The molecule has 0 spiro atoms. The number of carbonyl (C=O) groups excluding carboxylic acids is 1. The van der Waals surface area contributed by atoms with Crippen molar-refractivity contribution in [1.82, 2.24) is 0 Å². The topological polar surface area (TPSA) is 26.3 Å². The Morgan fingerprint density at radius 1 is 1.17 bits per heavy atom. The summed E-state index contributed by atoms with van der Waals surface area (Å²) in [5.74, 6) is -0.237. The van der Waals surface area contributed by atoms with Gasteiger partial charge in [0.1, 0.15) is 0 Å². The molecule has 0 saturated heterocycles. The standard InChI is InChI=1S/C16H24O2/c1-5-18-15(17)14-10-8-13(9-11-14)7-6-12-16(2,3)4/h8-11H,5-7,12H2,1-4H3. The van der Waals surface area contributed by atoms with Crippen molar-refractivity contribution in [3.8, 4) is 0 Å². The minimum Gasteiger partial charge on any atom is -0.462 e. The van der Waals surface area contributed by atoms with Gasteiger partial charge in [0.05, 0.1) is 12.2 Å². The largest absolute Gasteiger partial charge is 0.462 e. The third kappa shape index (κ3) is 5.35. The minimum atomic E-state index is -0.237. The van der Waals surface area contributed by atoms with Crippen molar-refractivity contribution in [2.45, 2.75) is 47.0 Å². The fourth-order valence-corrected chi connectivity index (χ4v) is 1.84. The van der Waals surface area contributed by atoms with Crippen LogP contribution in [0.25, 0.3) is 0 Å². The molecule has 0 aromatic heterocycles. The summed E-state index contributed by atoms with van der Waals surface area (Å²) >= 11 is 0. The first-order valence-corrected chi connectivity index (χ1v) is 6.68. The van der Waals surface area contributed by atoms with Gasteiger partial charge in [-0.05, 0) is 49.3 Å². The van der Waals surface area contributed by atoms with Gasteiger partial charge in [0.15, 0.2) is 0 Å². The Morgan fingerprint density at radius 3 is 2.28 bits per heavy atom. The van der Waals surface area contributed by atoms with Gasteiger partial charge in [-0.15, -0.1) is 0 Å². The molecule has 0 amide bonds. The molecule has 0 fully saturated rings. The zero-order valence-corrected chi connectivity index (χ0v) is 12.0. The summed E-state index contributed by atoms with van der Waals surface area (Å²) in [4.78, 5) is 11.5. The molecular weight excluding hydrogens is 224 g/mol. The quantitative estimate of drug-likeness (QED) is 0.729. The van der Waals surface area contributed by atoms with Gasteiger partial charge in [0, 0.05) is 0 Å². The molecule has 0 bridgehead atoms. The van der Waals surface area contributed by atoms with Gasteiger partial charge in [0.25, 0.3) is 0 Å². The van der Waals surface area contributed by atoms with Crippen LogP contribution in [0.4, 0.5) is 0 Å². The predicted octanol–water partition coefficient (Wildman–Crippen LogP) is 4.23. The predicted molar refractivity (Wildman–Crippen MR) is 74.8 cm³/mol. The molecule has 1 aromatic rings. The van der Waals surface area contributed by atoms with Crippen LogP contribution in [0.15, 0.2) is 24.3 Å². The second-order valence-corrected chi connectivity index (χ2v) is 5.83. The van der Waals surface area contributed by atoms with Crippen molar-refractivity contribution in [3.63, 3.8) is 0 Å². The molecule has 0 N–H and O–H groups in total. The molecule has 18 heavy (non-hydrogen) atoms. The molecule has 1 aromatic carbocycles. The molecule has 0 aliphatic rings. The molecule has 0 saturated carbocycles. The monoisotopic (exact) mass is 248 g/mol. The lowest BCUT2D eigenvalue weighted by atomic mass is 9.89. The van der Waals surface area contributed by atoms with Crippen molar-refractivity contribution >= 4 is 5.97 Å². The van der Waals surface area contributed by atoms with Crippen molar-refractivity contribution in [1.29, 1.82) is 0 Å². The lowest BCUT2D eigenvalue weighted by molar-refractivity contribution is 0.0526. The smallest absolute Gasteiger partial charge is 0.338 e. The van der Waals surface area contributed by atoms with Crippen LogP contribution in [0.3, 0.4) is 0 Å². The summed E-state index contributed by atoms with van der Waals surface area (Å²) in [6.45, 7) is 9.02.